The molecule has 5 heteroatoms. The summed E-state index contributed by atoms with van der Waals surface area (Å²) < 4.78 is 1.32. The van der Waals surface area contributed by atoms with Gasteiger partial charge in [0.05, 0.1) is 0 Å². The normalized spacial score (nSPS) is 28.7. The third-order valence-corrected chi connectivity index (χ3v) is 7.34. The van der Waals surface area contributed by atoms with E-state index in [0.717, 1.165) is 12.8 Å². The number of hydrogen-bond acceptors (Lipinski definition) is 2. The van der Waals surface area contributed by atoms with Crippen molar-refractivity contribution in [1.82, 2.24) is 10.2 Å². The average molecular weight is 351 g/mol. The SMILES string of the molecule is CC(C)([Se]c1ccccc1)[C@H]1CC[C@]2(C)C(=O)NC(=O)N12. The van der Waals surface area contributed by atoms with Crippen LogP contribution >= 0.6 is 0 Å². The van der Waals surface area contributed by atoms with Crippen molar-refractivity contribution in [3.63, 3.8) is 0 Å². The van der Waals surface area contributed by atoms with Crippen molar-refractivity contribution in [1.29, 1.82) is 0 Å². The second-order valence-electron chi connectivity index (χ2n) is 6.48. The number of nitrogens with zero attached hydrogens (tertiary/aromatic N) is 1. The van der Waals surface area contributed by atoms with Crippen LogP contribution in [0.1, 0.15) is 33.6 Å². The molecule has 3 amide bonds. The summed E-state index contributed by atoms with van der Waals surface area (Å²) in [6, 6.07) is 10.3. The third-order valence-electron chi connectivity index (χ3n) is 4.60. The van der Waals surface area contributed by atoms with Crippen molar-refractivity contribution in [2.45, 2.75) is 49.5 Å². The summed E-state index contributed by atoms with van der Waals surface area (Å²) in [4.78, 5) is 26.0. The molecule has 0 unspecified atom stereocenters. The molecule has 2 fully saturated rings. The molecule has 1 N–H and O–H groups in total. The van der Waals surface area contributed by atoms with Crippen LogP contribution in [0.25, 0.3) is 0 Å². The quantitative estimate of drug-likeness (QED) is 0.666. The predicted octanol–water partition coefficient (Wildman–Crippen LogP) is 1.69. The van der Waals surface area contributed by atoms with Gasteiger partial charge >= 0.3 is 131 Å². The summed E-state index contributed by atoms with van der Waals surface area (Å²) in [5.41, 5.74) is -0.647. The molecular weight excluding hydrogens is 331 g/mol. The zero-order valence-corrected chi connectivity index (χ0v) is 14.3. The molecular formula is C16H20N2O2Se. The molecule has 21 heavy (non-hydrogen) atoms. The summed E-state index contributed by atoms with van der Waals surface area (Å²) in [6.07, 6.45) is 1.65. The van der Waals surface area contributed by atoms with Gasteiger partial charge in [0.1, 0.15) is 0 Å². The van der Waals surface area contributed by atoms with Crippen molar-refractivity contribution in [3.05, 3.63) is 30.3 Å². The van der Waals surface area contributed by atoms with Crippen molar-refractivity contribution >= 4 is 31.4 Å². The van der Waals surface area contributed by atoms with E-state index in [1.807, 2.05) is 13.0 Å². The van der Waals surface area contributed by atoms with Crippen LogP contribution in [0.5, 0.6) is 0 Å². The van der Waals surface area contributed by atoms with Crippen LogP contribution in [0.4, 0.5) is 4.79 Å². The Labute approximate surface area is 131 Å². The van der Waals surface area contributed by atoms with E-state index in [4.69, 9.17) is 0 Å². The number of rotatable bonds is 3. The van der Waals surface area contributed by atoms with Gasteiger partial charge < -0.3 is 0 Å². The first-order valence-electron chi connectivity index (χ1n) is 7.23. The molecule has 0 spiro atoms. The number of carbonyl (C=O) groups is 2. The molecule has 2 saturated heterocycles. The Hall–Kier alpha value is -1.32. The molecule has 0 aliphatic carbocycles. The standard InChI is InChI=1S/C16H20N2O2Se/c1-15(2,21-11-7-5-4-6-8-11)12-9-10-16(3)13(19)17-14(20)18(12)16/h4-8,12H,9-10H2,1-3H3,(H,17,19,20)/t12-,16-/m1/s1. The molecule has 1 aromatic carbocycles. The summed E-state index contributed by atoms with van der Waals surface area (Å²) in [6.45, 7) is 6.32. The van der Waals surface area contributed by atoms with E-state index in [0.29, 0.717) is 0 Å². The number of benzene rings is 1. The number of amides is 3. The van der Waals surface area contributed by atoms with E-state index in [1.165, 1.54) is 4.46 Å². The van der Waals surface area contributed by atoms with E-state index < -0.39 is 5.54 Å². The Morgan fingerprint density at radius 1 is 1.29 bits per heavy atom. The van der Waals surface area contributed by atoms with Gasteiger partial charge in [0.25, 0.3) is 0 Å². The van der Waals surface area contributed by atoms with Crippen LogP contribution in [-0.2, 0) is 4.79 Å². The second-order valence-corrected chi connectivity index (χ2v) is 10.1. The second kappa shape index (κ2) is 4.85. The van der Waals surface area contributed by atoms with Gasteiger partial charge in [-0.1, -0.05) is 0 Å². The number of imide groups is 1. The molecule has 0 aromatic heterocycles. The minimum atomic E-state index is -0.647. The van der Waals surface area contributed by atoms with Crippen LogP contribution in [0.2, 0.25) is 4.31 Å². The molecule has 2 atom stereocenters. The van der Waals surface area contributed by atoms with E-state index in [-0.39, 0.29) is 37.3 Å². The molecule has 3 rings (SSSR count). The van der Waals surface area contributed by atoms with Gasteiger partial charge in [0, 0.05) is 0 Å². The fourth-order valence-electron chi connectivity index (χ4n) is 3.41. The summed E-state index contributed by atoms with van der Waals surface area (Å²) in [5, 5.41) is 2.48. The first-order valence-corrected chi connectivity index (χ1v) is 8.95. The van der Waals surface area contributed by atoms with E-state index >= 15 is 0 Å². The van der Waals surface area contributed by atoms with Crippen molar-refractivity contribution in [2.24, 2.45) is 0 Å². The Balaban J connectivity index is 1.86. The summed E-state index contributed by atoms with van der Waals surface area (Å²) in [5.74, 6) is -0.141. The van der Waals surface area contributed by atoms with Crippen LogP contribution in [-0.4, -0.2) is 43.4 Å². The van der Waals surface area contributed by atoms with Crippen LogP contribution in [0, 0.1) is 0 Å². The van der Waals surface area contributed by atoms with Gasteiger partial charge in [-0.05, 0) is 0 Å². The van der Waals surface area contributed by atoms with Crippen molar-refractivity contribution < 1.29 is 9.59 Å². The number of urea groups is 1. The molecule has 112 valence electrons. The Kier molecular flexibility index (Phi) is 3.38. The van der Waals surface area contributed by atoms with Gasteiger partial charge in [0.15, 0.2) is 0 Å². The van der Waals surface area contributed by atoms with Gasteiger partial charge in [-0.25, -0.2) is 0 Å². The average Bonchev–Trinajstić information content (AvgIpc) is 2.88. The van der Waals surface area contributed by atoms with Gasteiger partial charge in [-0.2, -0.15) is 0 Å². The summed E-state index contributed by atoms with van der Waals surface area (Å²) >= 11 is 0.246. The fourth-order valence-corrected chi connectivity index (χ4v) is 6.05. The third kappa shape index (κ3) is 2.29. The number of carbonyl (C=O) groups excluding carboxylic acids is 2. The van der Waals surface area contributed by atoms with Gasteiger partial charge in [-0.3, -0.25) is 0 Å². The Morgan fingerprint density at radius 2 is 1.95 bits per heavy atom. The molecule has 2 aliphatic heterocycles. The zero-order chi connectivity index (χ0) is 15.3. The van der Waals surface area contributed by atoms with Crippen molar-refractivity contribution in [2.75, 3.05) is 0 Å². The number of hydrogen-bond donors (Lipinski definition) is 1. The first kappa shape index (κ1) is 14.6. The molecule has 1 aromatic rings. The molecule has 2 aliphatic rings. The maximum atomic E-state index is 12.2. The minimum absolute atomic E-state index is 0.00588. The topological polar surface area (TPSA) is 49.4 Å². The van der Waals surface area contributed by atoms with Gasteiger partial charge in [-0.15, -0.1) is 0 Å². The number of nitrogens with one attached hydrogen (secondary N) is 1. The van der Waals surface area contributed by atoms with Crippen LogP contribution < -0.4 is 9.78 Å². The molecule has 0 saturated carbocycles. The zero-order valence-electron chi connectivity index (χ0n) is 12.6. The van der Waals surface area contributed by atoms with Crippen LogP contribution in [0.3, 0.4) is 0 Å². The van der Waals surface area contributed by atoms with E-state index in [2.05, 4.69) is 43.4 Å². The molecule has 2 heterocycles. The van der Waals surface area contributed by atoms with E-state index in [1.54, 1.807) is 4.90 Å². The monoisotopic (exact) mass is 352 g/mol. The Morgan fingerprint density at radius 3 is 2.62 bits per heavy atom. The first-order chi connectivity index (χ1) is 9.84. The molecule has 0 radical (unpaired) electrons. The van der Waals surface area contributed by atoms with Crippen LogP contribution in [0.15, 0.2) is 30.3 Å². The number of fused-ring (bicyclic) bond motifs is 1. The predicted molar refractivity (Wildman–Crippen MR) is 82.7 cm³/mol. The molecule has 0 bridgehead atoms. The summed E-state index contributed by atoms with van der Waals surface area (Å²) in [7, 11) is 0. The van der Waals surface area contributed by atoms with Gasteiger partial charge in [0.2, 0.25) is 0 Å². The maximum absolute atomic E-state index is 12.2. The van der Waals surface area contributed by atoms with Crippen molar-refractivity contribution in [3.8, 4) is 0 Å². The Bertz CT molecular complexity index is 587. The molecule has 4 nitrogen and oxygen atoms in total. The van der Waals surface area contributed by atoms with E-state index in [9.17, 15) is 9.59 Å². The fraction of sp³-hybridized carbons (Fsp3) is 0.500.